The minimum Gasteiger partial charge on any atom is -0.309 e. The van der Waals surface area contributed by atoms with E-state index in [9.17, 15) is 0 Å². The maximum Gasteiger partial charge on any atom is 0.0625 e. The van der Waals surface area contributed by atoms with Crippen LogP contribution in [0.3, 0.4) is 0 Å². The fourth-order valence-electron chi connectivity index (χ4n) is 2.49. The molecule has 0 spiro atoms. The number of hydrogen-bond acceptors (Lipinski definition) is 2. The molecular formula is C16H21Cl2N3. The van der Waals surface area contributed by atoms with Gasteiger partial charge in [-0.2, -0.15) is 5.10 Å². The Hall–Kier alpha value is -1.03. The molecule has 0 saturated carbocycles. The second-order valence-corrected chi connectivity index (χ2v) is 5.93. The van der Waals surface area contributed by atoms with Crippen molar-refractivity contribution in [2.45, 2.75) is 32.7 Å². The average molecular weight is 326 g/mol. The second kappa shape index (κ2) is 7.30. The lowest BCUT2D eigenvalue weighted by Crippen LogP contribution is -2.25. The number of benzene rings is 1. The van der Waals surface area contributed by atoms with E-state index in [1.165, 1.54) is 5.69 Å². The summed E-state index contributed by atoms with van der Waals surface area (Å²) in [5.74, 6) is 0. The van der Waals surface area contributed by atoms with Gasteiger partial charge in [0.2, 0.25) is 0 Å². The molecule has 1 aromatic carbocycles. The van der Waals surface area contributed by atoms with Gasteiger partial charge in [-0.25, -0.2) is 0 Å². The Morgan fingerprint density at radius 3 is 2.62 bits per heavy atom. The molecule has 3 nitrogen and oxygen atoms in total. The zero-order valence-corrected chi connectivity index (χ0v) is 14.2. The summed E-state index contributed by atoms with van der Waals surface area (Å²) in [6, 6.07) is 7.93. The molecule has 0 aliphatic heterocycles. The van der Waals surface area contributed by atoms with Gasteiger partial charge < -0.3 is 5.32 Å². The van der Waals surface area contributed by atoms with Gasteiger partial charge in [-0.1, -0.05) is 37.0 Å². The van der Waals surface area contributed by atoms with Gasteiger partial charge in [0.15, 0.2) is 0 Å². The number of rotatable bonds is 6. The summed E-state index contributed by atoms with van der Waals surface area (Å²) in [4.78, 5) is 0. The highest BCUT2D eigenvalue weighted by molar-refractivity contribution is 6.33. The molecule has 0 aliphatic carbocycles. The predicted octanol–water partition coefficient (Wildman–Crippen LogP) is 4.18. The highest BCUT2D eigenvalue weighted by Gasteiger charge is 2.18. The largest absolute Gasteiger partial charge is 0.309 e. The number of aryl methyl sites for hydroxylation is 2. The van der Waals surface area contributed by atoms with Gasteiger partial charge in [-0.3, -0.25) is 4.68 Å². The molecule has 0 amide bonds. The highest BCUT2D eigenvalue weighted by atomic mass is 35.5. The lowest BCUT2D eigenvalue weighted by atomic mass is 10.0. The Bertz CT molecular complexity index is 608. The van der Waals surface area contributed by atoms with Crippen molar-refractivity contribution in [3.05, 3.63) is 51.3 Å². The first-order valence-corrected chi connectivity index (χ1v) is 8.00. The van der Waals surface area contributed by atoms with Gasteiger partial charge >= 0.3 is 0 Å². The Kier molecular flexibility index (Phi) is 5.68. The average Bonchev–Trinajstić information content (AvgIpc) is 2.83. The molecule has 2 aromatic rings. The van der Waals surface area contributed by atoms with Gasteiger partial charge in [0, 0.05) is 17.1 Å². The van der Waals surface area contributed by atoms with Crippen molar-refractivity contribution in [2.75, 3.05) is 6.54 Å². The number of aromatic nitrogens is 2. The topological polar surface area (TPSA) is 29.9 Å². The third-order valence-corrected chi connectivity index (χ3v) is 4.17. The summed E-state index contributed by atoms with van der Waals surface area (Å²) in [7, 11) is 1.98. The van der Waals surface area contributed by atoms with Crippen LogP contribution in [0.25, 0.3) is 0 Å². The van der Waals surface area contributed by atoms with Crippen molar-refractivity contribution in [3.8, 4) is 0 Å². The number of halogens is 2. The van der Waals surface area contributed by atoms with Gasteiger partial charge in [-0.05, 0) is 49.2 Å². The van der Waals surface area contributed by atoms with Crippen molar-refractivity contribution in [1.82, 2.24) is 15.1 Å². The summed E-state index contributed by atoms with van der Waals surface area (Å²) in [6.07, 6.45) is 1.72. The number of nitrogens with one attached hydrogen (secondary N) is 1. The van der Waals surface area contributed by atoms with E-state index in [1.807, 2.05) is 29.9 Å². The zero-order valence-electron chi connectivity index (χ0n) is 12.7. The molecule has 1 N–H and O–H groups in total. The smallest absolute Gasteiger partial charge is 0.0625 e. The maximum atomic E-state index is 6.29. The summed E-state index contributed by atoms with van der Waals surface area (Å²) >= 11 is 12.4. The molecule has 0 saturated heterocycles. The first-order valence-electron chi connectivity index (χ1n) is 7.25. The minimum absolute atomic E-state index is 0.170. The molecular weight excluding hydrogens is 305 g/mol. The summed E-state index contributed by atoms with van der Waals surface area (Å²) in [6.45, 7) is 5.10. The van der Waals surface area contributed by atoms with Crippen molar-refractivity contribution in [2.24, 2.45) is 7.05 Å². The molecule has 5 heteroatoms. The van der Waals surface area contributed by atoms with Crippen molar-refractivity contribution in [1.29, 1.82) is 0 Å². The van der Waals surface area contributed by atoms with Gasteiger partial charge in [0.05, 0.1) is 17.4 Å². The predicted molar refractivity (Wildman–Crippen MR) is 89.2 cm³/mol. The van der Waals surface area contributed by atoms with Crippen LogP contribution in [0.15, 0.2) is 24.3 Å². The summed E-state index contributed by atoms with van der Waals surface area (Å²) < 4.78 is 1.95. The van der Waals surface area contributed by atoms with Crippen molar-refractivity contribution < 1.29 is 0 Å². The lowest BCUT2D eigenvalue weighted by molar-refractivity contribution is 0.507. The normalized spacial score (nSPS) is 12.6. The molecule has 1 atom stereocenters. The second-order valence-electron chi connectivity index (χ2n) is 5.09. The Morgan fingerprint density at radius 2 is 2.00 bits per heavy atom. The molecule has 114 valence electrons. The van der Waals surface area contributed by atoms with Crippen LogP contribution in [-0.2, 0) is 19.9 Å². The lowest BCUT2D eigenvalue weighted by Gasteiger charge is -2.19. The van der Waals surface area contributed by atoms with E-state index in [0.717, 1.165) is 35.7 Å². The summed E-state index contributed by atoms with van der Waals surface area (Å²) in [5.41, 5.74) is 3.33. The van der Waals surface area contributed by atoms with E-state index >= 15 is 0 Å². The Morgan fingerprint density at radius 1 is 1.24 bits per heavy atom. The first kappa shape index (κ1) is 16.3. The molecule has 21 heavy (non-hydrogen) atoms. The SMILES string of the molecule is CCNC(Cc1cc(Cl)ccc1Cl)c1cc(CC)nn1C. The van der Waals surface area contributed by atoms with Crippen LogP contribution in [-0.4, -0.2) is 16.3 Å². The number of likely N-dealkylation sites (N-methyl/N-ethyl adjacent to an activating group) is 1. The van der Waals surface area contributed by atoms with Gasteiger partial charge in [0.1, 0.15) is 0 Å². The van der Waals surface area contributed by atoms with E-state index in [4.69, 9.17) is 23.2 Å². The van der Waals surface area contributed by atoms with Crippen LogP contribution >= 0.6 is 23.2 Å². The third kappa shape index (κ3) is 4.00. The van der Waals surface area contributed by atoms with E-state index in [1.54, 1.807) is 0 Å². The zero-order chi connectivity index (χ0) is 15.4. The molecule has 0 fully saturated rings. The molecule has 0 radical (unpaired) electrons. The third-order valence-electron chi connectivity index (χ3n) is 3.57. The minimum atomic E-state index is 0.170. The number of hydrogen-bond donors (Lipinski definition) is 1. The Labute approximate surface area is 136 Å². The molecule has 1 aromatic heterocycles. The van der Waals surface area contributed by atoms with E-state index in [2.05, 4.69) is 30.3 Å². The molecule has 0 bridgehead atoms. The van der Waals surface area contributed by atoms with E-state index in [-0.39, 0.29) is 6.04 Å². The maximum absolute atomic E-state index is 6.29. The van der Waals surface area contributed by atoms with Crippen LogP contribution in [0, 0.1) is 0 Å². The fourth-order valence-corrected chi connectivity index (χ4v) is 2.88. The van der Waals surface area contributed by atoms with Crippen LogP contribution in [0.1, 0.15) is 36.8 Å². The standard InChI is InChI=1S/C16H21Cl2N3/c1-4-13-10-16(21(3)20-13)15(19-5-2)9-11-8-12(17)6-7-14(11)18/h6-8,10,15,19H,4-5,9H2,1-3H3. The Balaban J connectivity index is 2.30. The van der Waals surface area contributed by atoms with Crippen LogP contribution in [0.4, 0.5) is 0 Å². The van der Waals surface area contributed by atoms with Crippen LogP contribution in [0.2, 0.25) is 10.0 Å². The van der Waals surface area contributed by atoms with Crippen LogP contribution < -0.4 is 5.32 Å². The summed E-state index contributed by atoms with van der Waals surface area (Å²) in [5, 5.41) is 9.50. The van der Waals surface area contributed by atoms with Crippen LogP contribution in [0.5, 0.6) is 0 Å². The monoisotopic (exact) mass is 325 g/mol. The molecule has 1 heterocycles. The quantitative estimate of drug-likeness (QED) is 0.863. The van der Waals surface area contributed by atoms with Crippen molar-refractivity contribution in [3.63, 3.8) is 0 Å². The van der Waals surface area contributed by atoms with Gasteiger partial charge in [0.25, 0.3) is 0 Å². The molecule has 1 unspecified atom stereocenters. The van der Waals surface area contributed by atoms with Gasteiger partial charge in [-0.15, -0.1) is 0 Å². The van der Waals surface area contributed by atoms with E-state index < -0.39 is 0 Å². The highest BCUT2D eigenvalue weighted by Crippen LogP contribution is 2.26. The number of nitrogens with zero attached hydrogens (tertiary/aromatic N) is 2. The van der Waals surface area contributed by atoms with Crippen molar-refractivity contribution >= 4 is 23.2 Å². The first-order chi connectivity index (χ1) is 10.0. The fraction of sp³-hybridized carbons (Fsp3) is 0.438. The molecule has 0 aliphatic rings. The molecule has 2 rings (SSSR count). The van der Waals surface area contributed by atoms with E-state index in [0.29, 0.717) is 5.02 Å².